The number of hydrogen-bond acceptors (Lipinski definition) is 5. The second-order valence-electron chi connectivity index (χ2n) is 7.51. The van der Waals surface area contributed by atoms with Gasteiger partial charge < -0.3 is 19.5 Å². The fourth-order valence-electron chi connectivity index (χ4n) is 2.68. The molecular weight excluding hydrogens is 402 g/mol. The monoisotopic (exact) mass is 427 g/mol. The van der Waals surface area contributed by atoms with Crippen LogP contribution < -0.4 is 10.1 Å². The number of nitrogens with one attached hydrogen (secondary N) is 1. The normalized spacial score (nSPS) is 19.3. The molecule has 26 heavy (non-hydrogen) atoms. The van der Waals surface area contributed by atoms with Crippen LogP contribution in [0.2, 0.25) is 0 Å². The van der Waals surface area contributed by atoms with E-state index in [0.717, 1.165) is 28.6 Å². The first kappa shape index (κ1) is 20.6. The summed E-state index contributed by atoms with van der Waals surface area (Å²) < 4.78 is 16.6. The van der Waals surface area contributed by atoms with Crippen molar-refractivity contribution in [2.24, 2.45) is 5.92 Å². The molecule has 1 aliphatic carbocycles. The van der Waals surface area contributed by atoms with E-state index in [4.69, 9.17) is 9.47 Å². The maximum Gasteiger partial charge on any atom is 0.407 e. The van der Waals surface area contributed by atoms with E-state index in [0.29, 0.717) is 12.5 Å². The van der Waals surface area contributed by atoms with Crippen LogP contribution in [0.3, 0.4) is 0 Å². The Labute approximate surface area is 162 Å². The summed E-state index contributed by atoms with van der Waals surface area (Å²) in [5.74, 6) is 0.863. The molecule has 0 atom stereocenters. The Kier molecular flexibility index (Phi) is 6.92. The van der Waals surface area contributed by atoms with Crippen molar-refractivity contribution in [3.63, 3.8) is 0 Å². The van der Waals surface area contributed by atoms with Gasteiger partial charge in [0.25, 0.3) is 0 Å². The topological polar surface area (TPSA) is 73.9 Å². The van der Waals surface area contributed by atoms with Crippen LogP contribution >= 0.6 is 15.9 Å². The number of ether oxygens (including phenoxy) is 3. The van der Waals surface area contributed by atoms with Crippen LogP contribution in [-0.2, 0) is 20.7 Å². The molecule has 0 spiro atoms. The number of esters is 1. The second kappa shape index (κ2) is 8.75. The van der Waals surface area contributed by atoms with Gasteiger partial charge in [-0.05, 0) is 73.2 Å². The molecule has 0 saturated heterocycles. The maximum atomic E-state index is 11.7. The first-order chi connectivity index (χ1) is 12.2. The van der Waals surface area contributed by atoms with Gasteiger partial charge in [0.1, 0.15) is 11.4 Å². The molecule has 2 rings (SSSR count). The highest BCUT2D eigenvalue weighted by Crippen LogP contribution is 2.31. The molecule has 1 N–H and O–H groups in total. The minimum absolute atomic E-state index is 0.143. The maximum absolute atomic E-state index is 11.7. The Morgan fingerprint density at radius 2 is 1.96 bits per heavy atom. The number of amides is 1. The molecular formula is C19H26BrNO5. The molecule has 1 aliphatic rings. The van der Waals surface area contributed by atoms with Gasteiger partial charge in [-0.1, -0.05) is 6.07 Å². The van der Waals surface area contributed by atoms with Crippen LogP contribution in [0, 0.1) is 5.92 Å². The van der Waals surface area contributed by atoms with Gasteiger partial charge in [0.05, 0.1) is 24.6 Å². The number of benzene rings is 1. The molecule has 7 heteroatoms. The zero-order valence-electron chi connectivity index (χ0n) is 15.6. The van der Waals surface area contributed by atoms with Crippen LogP contribution in [0.4, 0.5) is 4.79 Å². The van der Waals surface area contributed by atoms with Gasteiger partial charge in [0.15, 0.2) is 0 Å². The quantitative estimate of drug-likeness (QED) is 0.697. The average Bonchev–Trinajstić information content (AvgIpc) is 2.49. The van der Waals surface area contributed by atoms with E-state index in [1.165, 1.54) is 7.11 Å². The van der Waals surface area contributed by atoms with Gasteiger partial charge in [-0.3, -0.25) is 4.79 Å². The molecule has 1 aromatic carbocycles. The lowest BCUT2D eigenvalue weighted by atomic mass is 9.81. The zero-order valence-corrected chi connectivity index (χ0v) is 17.2. The number of hydrogen-bond donors (Lipinski definition) is 1. The standard InChI is InChI=1S/C19H26BrNO5/c1-19(2,3)26-18(23)21-14-7-13(8-14)11-25-16-6-5-12(9-15(16)20)10-17(22)24-4/h5-6,9,13-14H,7-8,10-11H2,1-4H3,(H,21,23). The van der Waals surface area contributed by atoms with E-state index < -0.39 is 5.60 Å². The SMILES string of the molecule is COC(=O)Cc1ccc(OCC2CC(NC(=O)OC(C)(C)C)C2)c(Br)c1. The molecule has 1 amide bonds. The van der Waals surface area contributed by atoms with Crippen LogP contribution in [0.1, 0.15) is 39.2 Å². The Bertz CT molecular complexity index is 650. The zero-order chi connectivity index (χ0) is 19.3. The van der Waals surface area contributed by atoms with Crippen molar-refractivity contribution in [1.29, 1.82) is 0 Å². The Hall–Kier alpha value is -1.76. The molecule has 0 aromatic heterocycles. The van der Waals surface area contributed by atoms with Crippen molar-refractivity contribution < 1.29 is 23.8 Å². The lowest BCUT2D eigenvalue weighted by molar-refractivity contribution is -0.139. The minimum atomic E-state index is -0.483. The lowest BCUT2D eigenvalue weighted by Gasteiger charge is -2.36. The smallest absolute Gasteiger partial charge is 0.407 e. The first-order valence-electron chi connectivity index (χ1n) is 8.64. The van der Waals surface area contributed by atoms with Crippen molar-refractivity contribution in [3.05, 3.63) is 28.2 Å². The summed E-state index contributed by atoms with van der Waals surface area (Å²) in [6, 6.07) is 5.70. The number of methoxy groups -OCH3 is 1. The lowest BCUT2D eigenvalue weighted by Crippen LogP contribution is -2.47. The van der Waals surface area contributed by atoms with Crippen molar-refractivity contribution in [3.8, 4) is 5.75 Å². The number of alkyl carbamates (subject to hydrolysis) is 1. The van der Waals surface area contributed by atoms with Crippen LogP contribution in [0.25, 0.3) is 0 Å². The van der Waals surface area contributed by atoms with Crippen LogP contribution in [0.15, 0.2) is 22.7 Å². The third-order valence-electron chi connectivity index (χ3n) is 4.00. The van der Waals surface area contributed by atoms with E-state index >= 15 is 0 Å². The van der Waals surface area contributed by atoms with Gasteiger partial charge in [-0.2, -0.15) is 0 Å². The first-order valence-corrected chi connectivity index (χ1v) is 9.43. The Morgan fingerprint density at radius 1 is 1.27 bits per heavy atom. The Morgan fingerprint density at radius 3 is 2.54 bits per heavy atom. The van der Waals surface area contributed by atoms with Crippen molar-refractivity contribution >= 4 is 28.0 Å². The molecule has 0 aliphatic heterocycles. The van der Waals surface area contributed by atoms with Crippen molar-refractivity contribution in [1.82, 2.24) is 5.32 Å². The highest BCUT2D eigenvalue weighted by Gasteiger charge is 2.32. The second-order valence-corrected chi connectivity index (χ2v) is 8.36. The van der Waals surface area contributed by atoms with E-state index in [9.17, 15) is 9.59 Å². The number of halogens is 1. The number of carbonyl (C=O) groups excluding carboxylic acids is 2. The molecule has 144 valence electrons. The predicted octanol–water partition coefficient (Wildman–Crippen LogP) is 3.85. The molecule has 0 unspecified atom stereocenters. The number of rotatable bonds is 6. The summed E-state index contributed by atoms with van der Waals surface area (Å²) in [6.45, 7) is 6.12. The van der Waals surface area contributed by atoms with Crippen LogP contribution in [0.5, 0.6) is 5.75 Å². The molecule has 0 heterocycles. The summed E-state index contributed by atoms with van der Waals surface area (Å²) in [4.78, 5) is 23.0. The number of carbonyl (C=O) groups is 2. The van der Waals surface area contributed by atoms with Crippen LogP contribution in [-0.4, -0.2) is 37.4 Å². The molecule has 6 nitrogen and oxygen atoms in total. The van der Waals surface area contributed by atoms with E-state index in [-0.39, 0.29) is 24.5 Å². The molecule has 1 saturated carbocycles. The predicted molar refractivity (Wildman–Crippen MR) is 101 cm³/mol. The van der Waals surface area contributed by atoms with Gasteiger partial charge in [0, 0.05) is 6.04 Å². The molecule has 0 radical (unpaired) electrons. The summed E-state index contributed by atoms with van der Waals surface area (Å²) in [5, 5.41) is 2.87. The van der Waals surface area contributed by atoms with Gasteiger partial charge in [-0.25, -0.2) is 4.79 Å². The van der Waals surface area contributed by atoms with Gasteiger partial charge in [0.2, 0.25) is 0 Å². The molecule has 1 aromatic rings. The van der Waals surface area contributed by atoms with Crippen molar-refractivity contribution in [2.75, 3.05) is 13.7 Å². The van der Waals surface area contributed by atoms with E-state index in [1.54, 1.807) is 0 Å². The highest BCUT2D eigenvalue weighted by molar-refractivity contribution is 9.10. The van der Waals surface area contributed by atoms with Crippen molar-refractivity contribution in [2.45, 2.75) is 51.7 Å². The summed E-state index contributed by atoms with van der Waals surface area (Å²) in [5.41, 5.74) is 0.379. The third-order valence-corrected chi connectivity index (χ3v) is 4.62. The fraction of sp³-hybridized carbons (Fsp3) is 0.579. The minimum Gasteiger partial charge on any atom is -0.492 e. The van der Waals surface area contributed by atoms with E-state index in [1.807, 2.05) is 39.0 Å². The summed E-state index contributed by atoms with van der Waals surface area (Å²) >= 11 is 3.47. The Balaban J connectivity index is 1.72. The van der Waals surface area contributed by atoms with Gasteiger partial charge >= 0.3 is 12.1 Å². The largest absolute Gasteiger partial charge is 0.492 e. The van der Waals surface area contributed by atoms with E-state index in [2.05, 4.69) is 26.0 Å². The molecule has 1 fully saturated rings. The summed E-state index contributed by atoms with van der Waals surface area (Å²) in [7, 11) is 1.37. The molecule has 0 bridgehead atoms. The highest BCUT2D eigenvalue weighted by atomic mass is 79.9. The van der Waals surface area contributed by atoms with Gasteiger partial charge in [-0.15, -0.1) is 0 Å². The fourth-order valence-corrected chi connectivity index (χ4v) is 3.22. The third kappa shape index (κ3) is 6.52. The summed E-state index contributed by atoms with van der Waals surface area (Å²) in [6.07, 6.45) is 1.61. The average molecular weight is 428 g/mol.